The van der Waals surface area contributed by atoms with E-state index in [-0.39, 0.29) is 11.3 Å². The Hall–Kier alpha value is -4.01. The standard InChI is InChI=1S/C25H27N3O6/c1-3-13-33-18-8-7-17(15-20(18)32-2)22-21(23(29)19-6-4-14-34-19)24(30)25(31)28(22)11-5-10-27-12-9-26-16-27/h4,6-9,12,14-16,22H,3,5,10-11,13H2,1-2H3,(H,29,30). The number of benzene rings is 1. The molecule has 0 radical (unpaired) electrons. The molecule has 3 heterocycles. The molecule has 9 nitrogen and oxygen atoms in total. The summed E-state index contributed by atoms with van der Waals surface area (Å²) >= 11 is 0. The summed E-state index contributed by atoms with van der Waals surface area (Å²) in [5, 5.41) is 13.0. The predicted octanol–water partition coefficient (Wildman–Crippen LogP) is 2.16. The summed E-state index contributed by atoms with van der Waals surface area (Å²) in [6.45, 7) is 3.46. The molecule has 9 heteroatoms. The maximum Gasteiger partial charge on any atom is 0.241 e. The van der Waals surface area contributed by atoms with Crippen molar-refractivity contribution in [3.63, 3.8) is 0 Å². The van der Waals surface area contributed by atoms with Gasteiger partial charge in [-0.1, -0.05) is 13.0 Å². The van der Waals surface area contributed by atoms with Gasteiger partial charge >= 0.3 is 0 Å². The quantitative estimate of drug-likeness (QED) is 0.343. The van der Waals surface area contributed by atoms with Gasteiger partial charge in [-0.15, -0.1) is 0 Å². The maximum absolute atomic E-state index is 13.2. The van der Waals surface area contributed by atoms with Gasteiger partial charge in [0.15, 0.2) is 17.3 Å². The second kappa shape index (κ2) is 10.3. The van der Waals surface area contributed by atoms with Crippen LogP contribution < -0.4 is 19.1 Å². The SMILES string of the molecule is CCCOc1ccc(C2C(C(=O)c3ccco3)=C([O-])C(=O)N2CCC[n+]2cc[nH]c2)cc1OC. The number of aromatic nitrogens is 2. The van der Waals surface area contributed by atoms with Gasteiger partial charge in [-0.3, -0.25) is 14.6 Å². The lowest BCUT2D eigenvalue weighted by molar-refractivity contribution is -0.695. The molecule has 0 saturated carbocycles. The molecule has 0 aliphatic carbocycles. The number of carbonyl (C=O) groups excluding carboxylic acids is 2. The summed E-state index contributed by atoms with van der Waals surface area (Å²) in [6, 6.07) is 7.40. The molecule has 0 spiro atoms. The van der Waals surface area contributed by atoms with Crippen molar-refractivity contribution in [3.05, 3.63) is 78.0 Å². The minimum Gasteiger partial charge on any atom is -0.868 e. The minimum atomic E-state index is -0.858. The number of H-pyrrole nitrogens is 1. The number of hydrogen-bond acceptors (Lipinski definition) is 6. The lowest BCUT2D eigenvalue weighted by atomic mass is 9.94. The summed E-state index contributed by atoms with van der Waals surface area (Å²) in [7, 11) is 1.52. The van der Waals surface area contributed by atoms with E-state index in [0.717, 1.165) is 6.42 Å². The highest BCUT2D eigenvalue weighted by Gasteiger charge is 2.40. The molecule has 0 fully saturated rings. The lowest BCUT2D eigenvalue weighted by Gasteiger charge is -2.28. The smallest absolute Gasteiger partial charge is 0.241 e. The Morgan fingerprint density at radius 2 is 2.15 bits per heavy atom. The van der Waals surface area contributed by atoms with E-state index in [9.17, 15) is 14.7 Å². The van der Waals surface area contributed by atoms with Gasteiger partial charge in [0.2, 0.25) is 18.0 Å². The average molecular weight is 466 g/mol. The molecular formula is C25H27N3O6. The van der Waals surface area contributed by atoms with Gasteiger partial charge < -0.3 is 23.9 Å². The molecule has 2 aromatic heterocycles. The van der Waals surface area contributed by atoms with E-state index in [1.54, 1.807) is 30.5 Å². The third-order valence-electron chi connectivity index (χ3n) is 5.66. The number of carbonyl (C=O) groups is 2. The van der Waals surface area contributed by atoms with Gasteiger partial charge in [0, 0.05) is 18.5 Å². The summed E-state index contributed by atoms with van der Waals surface area (Å²) < 4.78 is 18.4. The number of nitrogens with zero attached hydrogens (tertiary/aromatic N) is 2. The number of ether oxygens (including phenoxy) is 2. The van der Waals surface area contributed by atoms with Crippen LogP contribution in [0.25, 0.3) is 0 Å². The molecule has 1 aliphatic rings. The van der Waals surface area contributed by atoms with Crippen molar-refractivity contribution in [2.24, 2.45) is 0 Å². The first-order valence-corrected chi connectivity index (χ1v) is 11.2. The molecule has 1 atom stereocenters. The second-order valence-corrected chi connectivity index (χ2v) is 7.91. The molecule has 0 saturated heterocycles. The Bertz CT molecular complexity index is 1170. The fraction of sp³-hybridized carbons (Fsp3) is 0.320. The number of aromatic amines is 1. The second-order valence-electron chi connectivity index (χ2n) is 7.91. The van der Waals surface area contributed by atoms with Crippen LogP contribution in [-0.4, -0.2) is 41.8 Å². The monoisotopic (exact) mass is 465 g/mol. The molecule has 178 valence electrons. The average Bonchev–Trinajstić information content (AvgIpc) is 3.61. The van der Waals surface area contributed by atoms with Crippen LogP contribution >= 0.6 is 0 Å². The van der Waals surface area contributed by atoms with Crippen LogP contribution in [0.3, 0.4) is 0 Å². The predicted molar refractivity (Wildman–Crippen MR) is 119 cm³/mol. The summed E-state index contributed by atoms with van der Waals surface area (Å²) in [6.07, 6.45) is 8.28. The first-order chi connectivity index (χ1) is 16.5. The Kier molecular flexibility index (Phi) is 7.01. The first-order valence-electron chi connectivity index (χ1n) is 11.2. The van der Waals surface area contributed by atoms with Crippen LogP contribution in [0.5, 0.6) is 11.5 Å². The molecular weight excluding hydrogens is 438 g/mol. The number of imidazole rings is 1. The number of ketones is 1. The summed E-state index contributed by atoms with van der Waals surface area (Å²) in [5.74, 6) is -1.08. The van der Waals surface area contributed by atoms with Gasteiger partial charge in [0.1, 0.15) is 12.4 Å². The molecule has 1 aromatic carbocycles. The number of nitrogens with one attached hydrogen (secondary N) is 1. The molecule has 1 unspecified atom stereocenters. The minimum absolute atomic E-state index is 0.0146. The fourth-order valence-corrected chi connectivity index (χ4v) is 4.06. The van der Waals surface area contributed by atoms with E-state index >= 15 is 0 Å². The van der Waals surface area contributed by atoms with E-state index in [0.29, 0.717) is 43.2 Å². The molecule has 3 aromatic rings. The molecule has 34 heavy (non-hydrogen) atoms. The van der Waals surface area contributed by atoms with Crippen molar-refractivity contribution in [1.29, 1.82) is 0 Å². The number of hydrogen-bond donors (Lipinski definition) is 1. The van der Waals surface area contributed by atoms with Gasteiger partial charge in [-0.2, -0.15) is 0 Å². The van der Waals surface area contributed by atoms with Crippen molar-refractivity contribution in [1.82, 2.24) is 9.88 Å². The maximum atomic E-state index is 13.2. The van der Waals surface area contributed by atoms with Crippen molar-refractivity contribution < 1.29 is 33.2 Å². The zero-order chi connectivity index (χ0) is 24.1. The third-order valence-corrected chi connectivity index (χ3v) is 5.66. The van der Waals surface area contributed by atoms with Crippen LogP contribution in [0.4, 0.5) is 0 Å². The van der Waals surface area contributed by atoms with E-state index < -0.39 is 23.5 Å². The fourth-order valence-electron chi connectivity index (χ4n) is 4.06. The van der Waals surface area contributed by atoms with E-state index in [2.05, 4.69) is 4.98 Å². The molecule has 1 aliphatic heterocycles. The number of aryl methyl sites for hydroxylation is 1. The summed E-state index contributed by atoms with van der Waals surface area (Å²) in [4.78, 5) is 30.7. The van der Waals surface area contributed by atoms with Crippen LogP contribution in [0.1, 0.15) is 41.9 Å². The number of rotatable bonds is 11. The molecule has 1 N–H and O–H groups in total. The highest BCUT2D eigenvalue weighted by Crippen LogP contribution is 2.41. The Morgan fingerprint density at radius 1 is 1.29 bits per heavy atom. The largest absolute Gasteiger partial charge is 0.868 e. The highest BCUT2D eigenvalue weighted by atomic mass is 16.5. The van der Waals surface area contributed by atoms with Gasteiger partial charge in [0.05, 0.1) is 32.6 Å². The lowest BCUT2D eigenvalue weighted by Crippen LogP contribution is -2.37. The molecule has 1 amide bonds. The van der Waals surface area contributed by atoms with Crippen molar-refractivity contribution >= 4 is 11.7 Å². The van der Waals surface area contributed by atoms with Crippen molar-refractivity contribution in [2.45, 2.75) is 32.4 Å². The number of Topliss-reactive ketones (excluding diaryl/α,β-unsaturated/α-hetero) is 1. The van der Waals surface area contributed by atoms with E-state index in [4.69, 9.17) is 13.9 Å². The Labute approximate surface area is 197 Å². The van der Waals surface area contributed by atoms with E-state index in [1.165, 1.54) is 24.3 Å². The number of methoxy groups -OCH3 is 1. The Morgan fingerprint density at radius 3 is 2.82 bits per heavy atom. The Balaban J connectivity index is 1.69. The van der Waals surface area contributed by atoms with Crippen molar-refractivity contribution in [3.8, 4) is 11.5 Å². The van der Waals surface area contributed by atoms with Crippen LogP contribution in [0, 0.1) is 0 Å². The van der Waals surface area contributed by atoms with Crippen LogP contribution in [0.2, 0.25) is 0 Å². The topological polar surface area (TPSA) is 112 Å². The van der Waals surface area contributed by atoms with E-state index in [1.807, 2.05) is 24.0 Å². The molecule has 4 rings (SSSR count). The van der Waals surface area contributed by atoms with Crippen LogP contribution in [-0.2, 0) is 11.3 Å². The molecule has 0 bridgehead atoms. The number of furan rings is 1. The highest BCUT2D eigenvalue weighted by molar-refractivity contribution is 6.14. The first kappa shape index (κ1) is 23.2. The third kappa shape index (κ3) is 4.54. The van der Waals surface area contributed by atoms with Gasteiger partial charge in [-0.25, -0.2) is 4.57 Å². The number of amides is 1. The zero-order valence-corrected chi connectivity index (χ0v) is 19.2. The van der Waals surface area contributed by atoms with Gasteiger partial charge in [0.25, 0.3) is 0 Å². The van der Waals surface area contributed by atoms with Crippen LogP contribution in [0.15, 0.2) is 71.1 Å². The normalized spacial score (nSPS) is 15.8. The van der Waals surface area contributed by atoms with Gasteiger partial charge in [-0.05, 0) is 42.0 Å². The summed E-state index contributed by atoms with van der Waals surface area (Å²) in [5.41, 5.74) is 0.461. The zero-order valence-electron chi connectivity index (χ0n) is 19.2. The van der Waals surface area contributed by atoms with Crippen molar-refractivity contribution in [2.75, 3.05) is 20.3 Å².